The first kappa shape index (κ1) is 38.7. The van der Waals surface area contributed by atoms with E-state index in [4.69, 9.17) is 27.9 Å². The number of halogens is 5. The van der Waals surface area contributed by atoms with E-state index in [0.717, 1.165) is 17.0 Å². The van der Waals surface area contributed by atoms with Crippen LogP contribution in [0.3, 0.4) is 0 Å². The highest BCUT2D eigenvalue weighted by molar-refractivity contribution is 6.33. The number of nitrogens with zero attached hydrogens (tertiary/aromatic N) is 3. The van der Waals surface area contributed by atoms with Gasteiger partial charge in [0.25, 0.3) is 11.8 Å². The van der Waals surface area contributed by atoms with E-state index in [1.54, 1.807) is 18.2 Å². The Balaban J connectivity index is 1.32. The molecule has 2 aliphatic carbocycles. The molecule has 3 fully saturated rings. The molecule has 4 aromatic rings. The highest BCUT2D eigenvalue weighted by atomic mass is 35.5. The SMILES string of the molecule is COc1cccc(O)c1C1C2=CCC3C(=O)N(c4ccc(C(=O)O)c(O)c4)C(=O)C3C2CC2C(=O)N(Nc3ncc(C(F)(F)F)cc3Cl)C(=O)C21c1ccc(Cl)cc1. The van der Waals surface area contributed by atoms with Gasteiger partial charge in [-0.3, -0.25) is 24.6 Å². The molecule has 298 valence electrons. The summed E-state index contributed by atoms with van der Waals surface area (Å²) in [6.45, 7) is 0. The summed E-state index contributed by atoms with van der Waals surface area (Å²) in [4.78, 5) is 75.1. The highest BCUT2D eigenvalue weighted by Gasteiger charge is 2.71. The zero-order chi connectivity index (χ0) is 41.6. The number of phenols is 2. The molecule has 2 saturated heterocycles. The van der Waals surface area contributed by atoms with E-state index in [-0.39, 0.29) is 46.2 Å². The number of phenolic OH excluding ortho intramolecular Hbond substituents is 1. The summed E-state index contributed by atoms with van der Waals surface area (Å²) in [6, 6.07) is 14.4. The lowest BCUT2D eigenvalue weighted by Crippen LogP contribution is -2.53. The Hall–Kier alpha value is -6.13. The fraction of sp³-hybridized carbons (Fsp3) is 0.250. The number of aromatic hydroxyl groups is 2. The Kier molecular flexibility index (Phi) is 9.19. The number of benzene rings is 3. The van der Waals surface area contributed by atoms with E-state index in [2.05, 4.69) is 10.4 Å². The highest BCUT2D eigenvalue weighted by Crippen LogP contribution is 2.66. The molecule has 4 N–H and O–H groups in total. The van der Waals surface area contributed by atoms with Crippen LogP contribution in [0.15, 0.2) is 84.6 Å². The number of amides is 4. The van der Waals surface area contributed by atoms with Crippen LogP contribution >= 0.6 is 23.2 Å². The number of alkyl halides is 3. The number of rotatable bonds is 7. The first-order valence-electron chi connectivity index (χ1n) is 17.6. The monoisotopic (exact) mass is 836 g/mol. The maximum Gasteiger partial charge on any atom is 0.417 e. The zero-order valence-electron chi connectivity index (χ0n) is 29.8. The largest absolute Gasteiger partial charge is 0.508 e. The third kappa shape index (κ3) is 5.68. The van der Waals surface area contributed by atoms with Crippen LogP contribution in [0.1, 0.15) is 45.8 Å². The van der Waals surface area contributed by atoms with Gasteiger partial charge in [0.05, 0.1) is 46.6 Å². The van der Waals surface area contributed by atoms with Crippen molar-refractivity contribution in [1.29, 1.82) is 0 Å². The number of methoxy groups -OCH3 is 1. The number of aromatic carboxylic acids is 1. The molecular weight excluding hydrogens is 808 g/mol. The number of ether oxygens (including phenoxy) is 1. The van der Waals surface area contributed by atoms with Gasteiger partial charge in [0.15, 0.2) is 5.82 Å². The predicted molar refractivity (Wildman–Crippen MR) is 199 cm³/mol. The first-order valence-corrected chi connectivity index (χ1v) is 18.4. The summed E-state index contributed by atoms with van der Waals surface area (Å²) in [7, 11) is 1.34. The van der Waals surface area contributed by atoms with Crippen molar-refractivity contribution in [3.05, 3.63) is 117 Å². The molecule has 58 heavy (non-hydrogen) atoms. The van der Waals surface area contributed by atoms with Gasteiger partial charge in [-0.05, 0) is 66.8 Å². The number of carbonyl (C=O) groups excluding carboxylic acids is 4. The van der Waals surface area contributed by atoms with E-state index in [1.807, 2.05) is 0 Å². The number of carbonyl (C=O) groups is 5. The number of hydrogen-bond acceptors (Lipinski definition) is 10. The third-order valence-electron chi connectivity index (χ3n) is 11.6. The number of imide groups is 2. The van der Waals surface area contributed by atoms with Gasteiger partial charge < -0.3 is 20.1 Å². The van der Waals surface area contributed by atoms with Gasteiger partial charge in [0.2, 0.25) is 11.8 Å². The zero-order valence-corrected chi connectivity index (χ0v) is 31.3. The van der Waals surface area contributed by atoms with Crippen LogP contribution in [-0.4, -0.2) is 62.0 Å². The lowest BCUT2D eigenvalue weighted by Gasteiger charge is -2.50. The van der Waals surface area contributed by atoms with Crippen molar-refractivity contribution in [2.24, 2.45) is 23.7 Å². The van der Waals surface area contributed by atoms with Gasteiger partial charge in [0, 0.05) is 28.8 Å². The van der Waals surface area contributed by atoms with Crippen LogP contribution < -0.4 is 15.1 Å². The smallest absolute Gasteiger partial charge is 0.417 e. The Bertz CT molecular complexity index is 2500. The molecule has 3 aromatic carbocycles. The Morgan fingerprint density at radius 2 is 1.67 bits per heavy atom. The molecule has 1 aromatic heterocycles. The summed E-state index contributed by atoms with van der Waals surface area (Å²) in [5.74, 6) is -11.6. The number of hydrogen-bond donors (Lipinski definition) is 4. The van der Waals surface area contributed by atoms with Crippen molar-refractivity contribution in [2.75, 3.05) is 17.4 Å². The lowest BCUT2D eigenvalue weighted by molar-refractivity contribution is -0.139. The van der Waals surface area contributed by atoms with Gasteiger partial charge in [-0.2, -0.15) is 18.2 Å². The molecule has 0 bridgehead atoms. The molecule has 13 nitrogen and oxygen atoms in total. The standard InChI is InChI=1S/C40H29Cl2F3N4O9/c1-58-29-4-2-3-27(50)31(29)32-21-11-12-23-30(36(54)48(34(23)52)20-9-10-22(37(55)56)28(51)14-20)24(21)15-25-35(53)49(38(57)39(25,32)17-5-7-19(41)8-6-17)47-33-26(42)13-18(16-46-33)40(43,44)45/h2-11,13-14,16,23-25,30,32,50-51H,12,15H2,1H3,(H,46,47)(H,55,56). The van der Waals surface area contributed by atoms with Crippen LogP contribution in [-0.2, 0) is 30.8 Å². The average molecular weight is 838 g/mol. The van der Waals surface area contributed by atoms with Gasteiger partial charge in [-0.15, -0.1) is 0 Å². The molecular formula is C40H29Cl2F3N4O9. The summed E-state index contributed by atoms with van der Waals surface area (Å²) in [6.07, 6.45) is -2.85. The Labute approximate surface area is 336 Å². The number of hydrazine groups is 1. The molecule has 6 unspecified atom stereocenters. The van der Waals surface area contributed by atoms with E-state index < -0.39 is 98.5 Å². The summed E-state index contributed by atoms with van der Waals surface area (Å²) >= 11 is 12.6. The number of carboxylic acids is 1. The third-order valence-corrected chi connectivity index (χ3v) is 12.1. The van der Waals surface area contributed by atoms with E-state index >= 15 is 4.79 Å². The van der Waals surface area contributed by atoms with Gasteiger partial charge >= 0.3 is 12.1 Å². The number of nitrogens with one attached hydrogen (secondary N) is 1. The average Bonchev–Trinajstić information content (AvgIpc) is 3.55. The van der Waals surface area contributed by atoms with Crippen molar-refractivity contribution < 1.29 is 57.2 Å². The maximum absolute atomic E-state index is 15.4. The maximum atomic E-state index is 15.4. The number of anilines is 2. The van der Waals surface area contributed by atoms with Crippen LogP contribution in [0.2, 0.25) is 10.0 Å². The quantitative estimate of drug-likeness (QED) is 0.114. The Morgan fingerprint density at radius 1 is 0.948 bits per heavy atom. The first-order chi connectivity index (χ1) is 27.5. The van der Waals surface area contributed by atoms with Crippen molar-refractivity contribution in [1.82, 2.24) is 9.99 Å². The van der Waals surface area contributed by atoms with Crippen LogP contribution in [0.5, 0.6) is 17.2 Å². The predicted octanol–water partition coefficient (Wildman–Crippen LogP) is 6.71. The van der Waals surface area contributed by atoms with Crippen molar-refractivity contribution in [2.45, 2.75) is 30.4 Å². The van der Waals surface area contributed by atoms with Gasteiger partial charge in [0.1, 0.15) is 22.8 Å². The molecule has 4 amide bonds. The molecule has 3 heterocycles. The van der Waals surface area contributed by atoms with E-state index in [9.17, 15) is 47.7 Å². The second-order valence-corrected chi connectivity index (χ2v) is 15.2. The van der Waals surface area contributed by atoms with E-state index in [0.29, 0.717) is 22.8 Å². The molecule has 0 spiro atoms. The van der Waals surface area contributed by atoms with E-state index in [1.165, 1.54) is 43.5 Å². The number of carboxylic acid groups (broad SMARTS) is 1. The van der Waals surface area contributed by atoms with Crippen LogP contribution in [0, 0.1) is 23.7 Å². The number of pyridine rings is 1. The summed E-state index contributed by atoms with van der Waals surface area (Å²) < 4.78 is 46.3. The fourth-order valence-electron chi connectivity index (χ4n) is 9.19. The summed E-state index contributed by atoms with van der Waals surface area (Å²) in [5.41, 5.74) is -0.349. The summed E-state index contributed by atoms with van der Waals surface area (Å²) in [5, 5.41) is 31.9. The van der Waals surface area contributed by atoms with Crippen molar-refractivity contribution in [3.8, 4) is 17.2 Å². The number of fused-ring (bicyclic) bond motifs is 4. The second-order valence-electron chi connectivity index (χ2n) is 14.3. The number of allylic oxidation sites excluding steroid dienone is 2. The van der Waals surface area contributed by atoms with Crippen LogP contribution in [0.4, 0.5) is 24.7 Å². The molecule has 2 aliphatic heterocycles. The molecule has 8 rings (SSSR count). The van der Waals surface area contributed by atoms with Crippen LogP contribution in [0.25, 0.3) is 0 Å². The molecule has 6 atom stereocenters. The minimum atomic E-state index is -4.80. The molecule has 0 radical (unpaired) electrons. The van der Waals surface area contributed by atoms with Crippen molar-refractivity contribution >= 4 is 64.3 Å². The minimum absolute atomic E-state index is 0.0281. The lowest BCUT2D eigenvalue weighted by atomic mass is 9.49. The Morgan fingerprint density at radius 3 is 2.31 bits per heavy atom. The number of aromatic nitrogens is 1. The van der Waals surface area contributed by atoms with Crippen molar-refractivity contribution in [3.63, 3.8) is 0 Å². The molecule has 1 saturated carbocycles. The van der Waals surface area contributed by atoms with Gasteiger partial charge in [-0.25, -0.2) is 14.7 Å². The fourth-order valence-corrected chi connectivity index (χ4v) is 9.53. The van der Waals surface area contributed by atoms with Gasteiger partial charge in [-0.1, -0.05) is 53.1 Å². The minimum Gasteiger partial charge on any atom is -0.508 e. The molecule has 18 heteroatoms. The second kappa shape index (κ2) is 13.8. The molecule has 4 aliphatic rings. The topological polar surface area (TPSA) is 187 Å². The normalized spacial score (nSPS) is 25.3.